The van der Waals surface area contributed by atoms with Crippen LogP contribution < -0.4 is 10.2 Å². The predicted molar refractivity (Wildman–Crippen MR) is 78.7 cm³/mol. The average Bonchev–Trinajstić information content (AvgIpc) is 2.66. The summed E-state index contributed by atoms with van der Waals surface area (Å²) in [4.78, 5) is 14.3. The normalized spacial score (nSPS) is 20.2. The van der Waals surface area contributed by atoms with E-state index >= 15 is 0 Å². The smallest absolute Gasteiger partial charge is 0.230 e. The fraction of sp³-hybridized carbons (Fsp3) is 0.769. The van der Waals surface area contributed by atoms with Crippen molar-refractivity contribution in [3.05, 3.63) is 5.28 Å². The molecule has 0 aliphatic heterocycles. The summed E-state index contributed by atoms with van der Waals surface area (Å²) >= 11 is 5.91. The quantitative estimate of drug-likeness (QED) is 0.921. The first-order valence-corrected chi connectivity index (χ1v) is 6.87. The van der Waals surface area contributed by atoms with E-state index in [1.165, 1.54) is 0 Å². The van der Waals surface area contributed by atoms with Gasteiger partial charge in [-0.3, -0.25) is 0 Å². The van der Waals surface area contributed by atoms with Gasteiger partial charge in [0.15, 0.2) is 0 Å². The van der Waals surface area contributed by atoms with Crippen LogP contribution in [0, 0.1) is 16.7 Å². The second kappa shape index (κ2) is 4.47. The summed E-state index contributed by atoms with van der Waals surface area (Å²) in [5, 5.41) is 3.50. The molecule has 0 atom stereocenters. The van der Waals surface area contributed by atoms with Crippen LogP contribution in [0.2, 0.25) is 5.28 Å². The molecule has 1 aliphatic rings. The molecular weight excluding hydrogens is 262 g/mol. The van der Waals surface area contributed by atoms with Crippen LogP contribution in [-0.2, 0) is 0 Å². The highest BCUT2D eigenvalue weighted by Gasteiger charge is 2.64. The van der Waals surface area contributed by atoms with Crippen LogP contribution in [0.5, 0.6) is 0 Å². The van der Waals surface area contributed by atoms with Crippen LogP contribution in [0.1, 0.15) is 27.7 Å². The molecule has 0 radical (unpaired) electrons. The molecule has 1 heterocycles. The van der Waals surface area contributed by atoms with E-state index in [-0.39, 0.29) is 5.28 Å². The van der Waals surface area contributed by atoms with Gasteiger partial charge in [0.2, 0.25) is 17.2 Å². The minimum atomic E-state index is 0.218. The highest BCUT2D eigenvalue weighted by Crippen LogP contribution is 2.68. The van der Waals surface area contributed by atoms with Crippen molar-refractivity contribution in [1.82, 2.24) is 15.0 Å². The molecule has 0 saturated heterocycles. The van der Waals surface area contributed by atoms with Crippen molar-refractivity contribution in [1.29, 1.82) is 0 Å². The lowest BCUT2D eigenvalue weighted by atomic mass is 10.0. The maximum Gasteiger partial charge on any atom is 0.230 e. The lowest BCUT2D eigenvalue weighted by molar-refractivity contribution is 0.457. The number of rotatable bonds is 4. The summed E-state index contributed by atoms with van der Waals surface area (Å²) in [6.45, 7) is 10.0. The Morgan fingerprint density at radius 3 is 2.16 bits per heavy atom. The summed E-state index contributed by atoms with van der Waals surface area (Å²) in [6, 6.07) is 0. The maximum absolute atomic E-state index is 5.91. The second-order valence-corrected chi connectivity index (χ2v) is 6.84. The first-order chi connectivity index (χ1) is 8.66. The zero-order chi connectivity index (χ0) is 14.4. The Morgan fingerprint density at radius 1 is 1.11 bits per heavy atom. The minimum Gasteiger partial charge on any atom is -0.354 e. The third-order valence-electron chi connectivity index (χ3n) is 4.78. The second-order valence-electron chi connectivity index (χ2n) is 6.50. The van der Waals surface area contributed by atoms with Crippen LogP contribution in [-0.4, -0.2) is 35.6 Å². The third kappa shape index (κ3) is 2.48. The summed E-state index contributed by atoms with van der Waals surface area (Å²) < 4.78 is 0. The predicted octanol–water partition coefficient (Wildman–Crippen LogP) is 2.69. The first-order valence-electron chi connectivity index (χ1n) is 6.49. The molecule has 106 valence electrons. The number of nitrogens with one attached hydrogen (secondary N) is 1. The molecule has 0 amide bonds. The minimum absolute atomic E-state index is 0.218. The van der Waals surface area contributed by atoms with E-state index in [4.69, 9.17) is 11.6 Å². The number of anilines is 2. The number of nitrogens with zero attached hydrogens (tertiary/aromatic N) is 4. The molecule has 1 aromatic heterocycles. The fourth-order valence-corrected chi connectivity index (χ4v) is 2.81. The summed E-state index contributed by atoms with van der Waals surface area (Å²) in [7, 11) is 3.76. The maximum atomic E-state index is 5.91. The van der Waals surface area contributed by atoms with Gasteiger partial charge in [-0.25, -0.2) is 0 Å². The molecule has 1 fully saturated rings. The molecule has 0 bridgehead atoms. The summed E-state index contributed by atoms with van der Waals surface area (Å²) in [5.41, 5.74) is 0.697. The molecule has 1 aromatic rings. The topological polar surface area (TPSA) is 53.9 Å². The summed E-state index contributed by atoms with van der Waals surface area (Å²) in [5.74, 6) is 1.72. The van der Waals surface area contributed by atoms with E-state index in [2.05, 4.69) is 48.0 Å². The van der Waals surface area contributed by atoms with Gasteiger partial charge in [-0.1, -0.05) is 27.7 Å². The largest absolute Gasteiger partial charge is 0.354 e. The van der Waals surface area contributed by atoms with E-state index in [1.807, 2.05) is 19.0 Å². The van der Waals surface area contributed by atoms with Gasteiger partial charge in [-0.15, -0.1) is 0 Å². The standard InChI is InChI=1S/C13H22ClN5/c1-12(2)8(13(12,3)4)7-15-10-16-9(14)17-11(18-10)19(5)6/h8H,7H2,1-6H3,(H,15,16,17,18). The molecule has 19 heavy (non-hydrogen) atoms. The zero-order valence-corrected chi connectivity index (χ0v) is 13.2. The Kier molecular flexibility index (Phi) is 3.37. The van der Waals surface area contributed by atoms with Crippen LogP contribution in [0.15, 0.2) is 0 Å². The van der Waals surface area contributed by atoms with Gasteiger partial charge in [0.25, 0.3) is 0 Å². The van der Waals surface area contributed by atoms with E-state index in [1.54, 1.807) is 0 Å². The van der Waals surface area contributed by atoms with Crippen molar-refractivity contribution in [3.63, 3.8) is 0 Å². The van der Waals surface area contributed by atoms with Gasteiger partial charge in [-0.2, -0.15) is 15.0 Å². The van der Waals surface area contributed by atoms with Crippen LogP contribution in [0.25, 0.3) is 0 Å². The molecule has 1 aliphatic carbocycles. The molecular formula is C13H22ClN5. The highest BCUT2D eigenvalue weighted by molar-refractivity contribution is 6.28. The number of aromatic nitrogens is 3. The van der Waals surface area contributed by atoms with Gasteiger partial charge in [0.1, 0.15) is 0 Å². The van der Waals surface area contributed by atoms with Crippen LogP contribution in [0.3, 0.4) is 0 Å². The Balaban J connectivity index is 2.05. The Hall–Kier alpha value is -1.10. The molecule has 6 heteroatoms. The molecule has 0 aromatic carbocycles. The van der Waals surface area contributed by atoms with Gasteiger partial charge in [-0.05, 0) is 28.3 Å². The number of hydrogen-bond donors (Lipinski definition) is 1. The molecule has 1 N–H and O–H groups in total. The van der Waals surface area contributed by atoms with Crippen molar-refractivity contribution in [3.8, 4) is 0 Å². The number of halogens is 1. The third-order valence-corrected chi connectivity index (χ3v) is 4.95. The SMILES string of the molecule is CN(C)c1nc(Cl)nc(NCC2C(C)(C)C2(C)C)n1. The van der Waals surface area contributed by atoms with E-state index < -0.39 is 0 Å². The molecule has 2 rings (SSSR count). The van der Waals surface area contributed by atoms with Crippen molar-refractivity contribution in [2.75, 3.05) is 30.9 Å². The van der Waals surface area contributed by atoms with Crippen molar-refractivity contribution < 1.29 is 0 Å². The Bertz CT molecular complexity index is 470. The van der Waals surface area contributed by atoms with E-state index in [0.717, 1.165) is 6.54 Å². The van der Waals surface area contributed by atoms with Gasteiger partial charge < -0.3 is 10.2 Å². The van der Waals surface area contributed by atoms with Crippen LogP contribution >= 0.6 is 11.6 Å². The van der Waals surface area contributed by atoms with E-state index in [0.29, 0.717) is 28.6 Å². The zero-order valence-electron chi connectivity index (χ0n) is 12.5. The average molecular weight is 284 g/mol. The lowest BCUT2D eigenvalue weighted by Crippen LogP contribution is -2.16. The van der Waals surface area contributed by atoms with Crippen molar-refractivity contribution in [2.45, 2.75) is 27.7 Å². The van der Waals surface area contributed by atoms with Gasteiger partial charge in [0.05, 0.1) is 0 Å². The van der Waals surface area contributed by atoms with Gasteiger partial charge >= 0.3 is 0 Å². The van der Waals surface area contributed by atoms with Crippen LogP contribution in [0.4, 0.5) is 11.9 Å². The highest BCUT2D eigenvalue weighted by atomic mass is 35.5. The van der Waals surface area contributed by atoms with E-state index in [9.17, 15) is 0 Å². The van der Waals surface area contributed by atoms with Gasteiger partial charge in [0, 0.05) is 20.6 Å². The molecule has 0 spiro atoms. The number of hydrogen-bond acceptors (Lipinski definition) is 5. The Morgan fingerprint density at radius 2 is 1.68 bits per heavy atom. The monoisotopic (exact) mass is 283 g/mol. The Labute approximate surface area is 119 Å². The molecule has 5 nitrogen and oxygen atoms in total. The molecule has 1 saturated carbocycles. The van der Waals surface area contributed by atoms with Crippen molar-refractivity contribution in [2.24, 2.45) is 16.7 Å². The van der Waals surface area contributed by atoms with Crippen molar-refractivity contribution >= 4 is 23.5 Å². The summed E-state index contributed by atoms with van der Waals surface area (Å²) in [6.07, 6.45) is 0. The lowest BCUT2D eigenvalue weighted by Gasteiger charge is -2.12. The fourth-order valence-electron chi connectivity index (χ4n) is 2.66. The first kappa shape index (κ1) is 14.3. The molecule has 0 unspecified atom stereocenters.